The van der Waals surface area contributed by atoms with E-state index in [2.05, 4.69) is 5.32 Å². The molecule has 0 aromatic carbocycles. The Kier molecular flexibility index (Phi) is 3.14. The van der Waals surface area contributed by atoms with E-state index in [-0.39, 0.29) is 5.91 Å². The number of hydrogen-bond donors (Lipinski definition) is 1. The van der Waals surface area contributed by atoms with Crippen LogP contribution in [0.5, 0.6) is 0 Å². The highest BCUT2D eigenvalue weighted by Crippen LogP contribution is 2.19. The molecule has 4 heteroatoms. The fourth-order valence-corrected chi connectivity index (χ4v) is 1.76. The van der Waals surface area contributed by atoms with Crippen molar-refractivity contribution in [1.29, 1.82) is 0 Å². The molecule has 0 spiro atoms. The van der Waals surface area contributed by atoms with Gasteiger partial charge in [0.1, 0.15) is 7.85 Å². The lowest BCUT2D eigenvalue weighted by Crippen LogP contribution is -2.15. The third-order valence-corrected chi connectivity index (χ3v) is 2.71. The summed E-state index contributed by atoms with van der Waals surface area (Å²) in [5, 5.41) is 2.79. The van der Waals surface area contributed by atoms with Crippen LogP contribution in [0.4, 0.5) is 0 Å². The zero-order valence-corrected chi connectivity index (χ0v) is 8.66. The molecule has 2 aliphatic rings. The van der Waals surface area contributed by atoms with Crippen LogP contribution in [0, 0.1) is 5.92 Å². The molecule has 2 radical (unpaired) electrons. The Labute approximate surface area is 91.0 Å². The minimum absolute atomic E-state index is 0.130. The molecule has 1 unspecified atom stereocenters. The van der Waals surface area contributed by atoms with Gasteiger partial charge in [-0.3, -0.25) is 4.79 Å². The van der Waals surface area contributed by atoms with E-state index < -0.39 is 0 Å². The van der Waals surface area contributed by atoms with E-state index in [9.17, 15) is 4.79 Å². The van der Waals surface area contributed by atoms with Gasteiger partial charge in [0.25, 0.3) is 0 Å². The summed E-state index contributed by atoms with van der Waals surface area (Å²) >= 11 is 0. The maximum absolute atomic E-state index is 10.9. The Morgan fingerprint density at radius 3 is 2.93 bits per heavy atom. The predicted octanol–water partition coefficient (Wildman–Crippen LogP) is 0.869. The fourth-order valence-electron chi connectivity index (χ4n) is 1.76. The van der Waals surface area contributed by atoms with Gasteiger partial charge in [-0.2, -0.15) is 0 Å². The summed E-state index contributed by atoms with van der Waals surface area (Å²) < 4.78 is 5.63. The lowest BCUT2D eigenvalue weighted by Gasteiger charge is -2.16. The smallest absolute Gasteiger partial charge is 0.220 e. The van der Waals surface area contributed by atoms with E-state index in [1.165, 1.54) is 0 Å². The molecule has 1 saturated heterocycles. The van der Waals surface area contributed by atoms with E-state index in [0.29, 0.717) is 18.9 Å². The molecule has 1 heterocycles. The maximum Gasteiger partial charge on any atom is 0.220 e. The van der Waals surface area contributed by atoms with Gasteiger partial charge in [-0.25, -0.2) is 0 Å². The third-order valence-electron chi connectivity index (χ3n) is 2.71. The minimum atomic E-state index is 0.130. The van der Waals surface area contributed by atoms with Crippen LogP contribution in [-0.2, 0) is 9.53 Å². The summed E-state index contributed by atoms with van der Waals surface area (Å²) in [6, 6.07) is 0. The number of carbonyl (C=O) groups is 1. The van der Waals surface area contributed by atoms with Gasteiger partial charge in [0, 0.05) is 25.3 Å². The van der Waals surface area contributed by atoms with Gasteiger partial charge in [0.05, 0.1) is 12.4 Å². The van der Waals surface area contributed by atoms with E-state index in [4.69, 9.17) is 12.6 Å². The maximum atomic E-state index is 10.9. The third kappa shape index (κ3) is 2.88. The molecule has 1 aliphatic heterocycles. The second-order valence-electron chi connectivity index (χ2n) is 4.06. The summed E-state index contributed by atoms with van der Waals surface area (Å²) in [6.07, 6.45) is 6.13. The van der Waals surface area contributed by atoms with Crippen molar-refractivity contribution >= 4 is 13.8 Å². The van der Waals surface area contributed by atoms with E-state index in [0.717, 1.165) is 30.6 Å². The summed E-state index contributed by atoms with van der Waals surface area (Å²) in [4.78, 5) is 10.9. The number of ether oxygens (including phenoxy) is 1. The molecule has 1 amide bonds. The fraction of sp³-hybridized carbons (Fsp3) is 0.545. The number of carbonyl (C=O) groups excluding carboxylic acids is 1. The highest BCUT2D eigenvalue weighted by molar-refractivity contribution is 6.21. The van der Waals surface area contributed by atoms with Crippen molar-refractivity contribution in [1.82, 2.24) is 5.32 Å². The Morgan fingerprint density at radius 1 is 1.47 bits per heavy atom. The first-order chi connectivity index (χ1) is 7.24. The van der Waals surface area contributed by atoms with Gasteiger partial charge >= 0.3 is 0 Å². The van der Waals surface area contributed by atoms with Gasteiger partial charge in [-0.1, -0.05) is 6.08 Å². The number of allylic oxidation sites excluding steroid dienone is 4. The quantitative estimate of drug-likeness (QED) is 0.691. The first-order valence-corrected chi connectivity index (χ1v) is 5.29. The van der Waals surface area contributed by atoms with Crippen LogP contribution in [0.2, 0.25) is 0 Å². The van der Waals surface area contributed by atoms with E-state index in [1.807, 2.05) is 12.2 Å². The van der Waals surface area contributed by atoms with Crippen molar-refractivity contribution in [3.8, 4) is 0 Å². The summed E-state index contributed by atoms with van der Waals surface area (Å²) in [5.74, 6) is 1.43. The molecule has 1 atom stereocenters. The summed E-state index contributed by atoms with van der Waals surface area (Å²) in [7, 11) is 5.64. The average Bonchev–Trinajstić information content (AvgIpc) is 2.64. The normalized spacial score (nSPS) is 25.6. The molecule has 15 heavy (non-hydrogen) atoms. The SMILES string of the molecule is [B]C1=CC=C(OCC2CNC(=O)C2)CC1. The van der Waals surface area contributed by atoms with Crippen LogP contribution in [0.25, 0.3) is 0 Å². The highest BCUT2D eigenvalue weighted by atomic mass is 16.5. The molecule has 0 aromatic heterocycles. The van der Waals surface area contributed by atoms with Gasteiger partial charge < -0.3 is 10.1 Å². The van der Waals surface area contributed by atoms with Crippen LogP contribution in [-0.4, -0.2) is 26.9 Å². The molecule has 1 fully saturated rings. The van der Waals surface area contributed by atoms with Crippen molar-refractivity contribution in [3.63, 3.8) is 0 Å². The first-order valence-electron chi connectivity index (χ1n) is 5.29. The van der Waals surface area contributed by atoms with Gasteiger partial charge in [0.2, 0.25) is 5.91 Å². The van der Waals surface area contributed by atoms with E-state index in [1.54, 1.807) is 0 Å². The number of nitrogens with one attached hydrogen (secondary N) is 1. The second kappa shape index (κ2) is 4.56. The predicted molar refractivity (Wildman–Crippen MR) is 58.2 cm³/mol. The lowest BCUT2D eigenvalue weighted by molar-refractivity contribution is -0.119. The monoisotopic (exact) mass is 203 g/mol. The molecule has 0 saturated carbocycles. The standard InChI is InChI=1S/C11H14BNO2/c12-9-1-3-10(4-2-9)15-7-8-5-11(14)13-6-8/h1,3,8H,2,4-7H2,(H,13,14). The van der Waals surface area contributed by atoms with Gasteiger partial charge in [0.15, 0.2) is 0 Å². The van der Waals surface area contributed by atoms with Crippen LogP contribution in [0.1, 0.15) is 19.3 Å². The zero-order chi connectivity index (χ0) is 10.7. The van der Waals surface area contributed by atoms with Crippen LogP contribution >= 0.6 is 0 Å². The second-order valence-corrected chi connectivity index (χ2v) is 4.06. The Hall–Kier alpha value is -1.19. The largest absolute Gasteiger partial charge is 0.498 e. The summed E-state index contributed by atoms with van der Waals surface area (Å²) in [6.45, 7) is 1.36. The van der Waals surface area contributed by atoms with E-state index >= 15 is 0 Å². The summed E-state index contributed by atoms with van der Waals surface area (Å²) in [5.41, 5.74) is 0.903. The van der Waals surface area contributed by atoms with Gasteiger partial charge in [-0.05, 0) is 12.5 Å². The molecular formula is C11H14BNO2. The molecule has 78 valence electrons. The average molecular weight is 203 g/mol. The zero-order valence-electron chi connectivity index (χ0n) is 8.66. The van der Waals surface area contributed by atoms with Crippen LogP contribution in [0.15, 0.2) is 23.4 Å². The molecule has 1 aliphatic carbocycles. The Balaban J connectivity index is 1.76. The van der Waals surface area contributed by atoms with Crippen LogP contribution in [0.3, 0.4) is 0 Å². The number of rotatable bonds is 3. The van der Waals surface area contributed by atoms with Crippen molar-refractivity contribution in [2.45, 2.75) is 19.3 Å². The molecule has 1 N–H and O–H groups in total. The molecule has 0 aromatic rings. The molecular weight excluding hydrogens is 189 g/mol. The molecule has 3 nitrogen and oxygen atoms in total. The molecule has 2 rings (SSSR count). The number of amides is 1. The Bertz CT molecular complexity index is 323. The highest BCUT2D eigenvalue weighted by Gasteiger charge is 2.22. The van der Waals surface area contributed by atoms with Crippen molar-refractivity contribution < 1.29 is 9.53 Å². The van der Waals surface area contributed by atoms with Gasteiger partial charge in [-0.15, -0.1) is 5.47 Å². The van der Waals surface area contributed by atoms with Crippen molar-refractivity contribution in [2.75, 3.05) is 13.2 Å². The topological polar surface area (TPSA) is 38.3 Å². The van der Waals surface area contributed by atoms with Crippen molar-refractivity contribution in [3.05, 3.63) is 23.4 Å². The molecule has 0 bridgehead atoms. The first kappa shape index (κ1) is 10.3. The lowest BCUT2D eigenvalue weighted by atomic mass is 9.88. The number of hydrogen-bond acceptors (Lipinski definition) is 2. The minimum Gasteiger partial charge on any atom is -0.498 e. The van der Waals surface area contributed by atoms with Crippen molar-refractivity contribution in [2.24, 2.45) is 5.92 Å². The Morgan fingerprint density at radius 2 is 2.33 bits per heavy atom. The van der Waals surface area contributed by atoms with Crippen LogP contribution < -0.4 is 5.32 Å².